The Morgan fingerprint density at radius 2 is 2.21 bits per heavy atom. The van der Waals surface area contributed by atoms with E-state index >= 15 is 0 Å². The molecule has 0 saturated carbocycles. The Morgan fingerprint density at radius 1 is 1.42 bits per heavy atom. The van der Waals surface area contributed by atoms with Gasteiger partial charge in [0.2, 0.25) is 0 Å². The van der Waals surface area contributed by atoms with Crippen molar-refractivity contribution in [3.63, 3.8) is 0 Å². The van der Waals surface area contributed by atoms with Crippen LogP contribution in [-0.4, -0.2) is 9.78 Å². The summed E-state index contributed by atoms with van der Waals surface area (Å²) in [5, 5.41) is 4.18. The molecule has 0 spiro atoms. The van der Waals surface area contributed by atoms with Gasteiger partial charge in [-0.1, -0.05) is 22.0 Å². The fourth-order valence-electron chi connectivity index (χ4n) is 2.25. The van der Waals surface area contributed by atoms with E-state index in [1.807, 2.05) is 24.0 Å². The fraction of sp³-hybridized carbons (Fsp3) is 0.357. The number of nitrogens with two attached hydrogens (primary N) is 1. The molecule has 5 heteroatoms. The summed E-state index contributed by atoms with van der Waals surface area (Å²) in [6.07, 6.45) is 3.70. The maximum atomic E-state index is 5.69. The van der Waals surface area contributed by atoms with Gasteiger partial charge in [-0.2, -0.15) is 5.10 Å². The predicted octanol–water partition coefficient (Wildman–Crippen LogP) is 2.63. The summed E-state index contributed by atoms with van der Waals surface area (Å²) in [5.41, 5.74) is 6.55. The number of aryl methyl sites for hydroxylation is 3. The van der Waals surface area contributed by atoms with E-state index in [2.05, 4.69) is 51.6 Å². The molecule has 0 aliphatic carbocycles. The molecule has 0 aliphatic heterocycles. The normalized spacial score (nSPS) is 12.6. The van der Waals surface area contributed by atoms with Crippen LogP contribution in [0.2, 0.25) is 0 Å². The van der Waals surface area contributed by atoms with Crippen LogP contribution in [0.4, 0.5) is 0 Å². The number of hydrazine groups is 1. The Morgan fingerprint density at radius 3 is 2.79 bits per heavy atom. The van der Waals surface area contributed by atoms with Gasteiger partial charge in [-0.05, 0) is 49.1 Å². The average molecular weight is 323 g/mol. The summed E-state index contributed by atoms with van der Waals surface area (Å²) < 4.78 is 2.99. The second-order valence-corrected chi connectivity index (χ2v) is 5.68. The third-order valence-electron chi connectivity index (χ3n) is 3.28. The minimum Gasteiger partial charge on any atom is -0.273 e. The molecule has 2 aromatic rings. The van der Waals surface area contributed by atoms with Gasteiger partial charge in [0.1, 0.15) is 0 Å². The van der Waals surface area contributed by atoms with Gasteiger partial charge in [-0.15, -0.1) is 0 Å². The standard InChI is InChI=1S/C14H19BrN4/c1-10-7-11(9-12(15)8-10)14(18-16)4-3-13-5-6-17-19(13)2/h5-9,14,18H,3-4,16H2,1-2H3. The van der Waals surface area contributed by atoms with Crippen LogP contribution in [0.5, 0.6) is 0 Å². The predicted molar refractivity (Wildman–Crippen MR) is 80.5 cm³/mol. The average Bonchev–Trinajstić information content (AvgIpc) is 2.75. The molecule has 0 radical (unpaired) electrons. The largest absolute Gasteiger partial charge is 0.273 e. The molecule has 0 amide bonds. The zero-order valence-electron chi connectivity index (χ0n) is 11.2. The number of halogens is 1. The van der Waals surface area contributed by atoms with Crippen molar-refractivity contribution in [1.82, 2.24) is 15.2 Å². The third kappa shape index (κ3) is 3.65. The molecule has 3 N–H and O–H groups in total. The van der Waals surface area contributed by atoms with Crippen LogP contribution in [0, 0.1) is 6.92 Å². The van der Waals surface area contributed by atoms with Crippen molar-refractivity contribution in [3.8, 4) is 0 Å². The first-order chi connectivity index (χ1) is 9.10. The Labute approximate surface area is 122 Å². The molecule has 19 heavy (non-hydrogen) atoms. The number of hydrogen-bond donors (Lipinski definition) is 2. The summed E-state index contributed by atoms with van der Waals surface area (Å²) in [4.78, 5) is 0. The molecule has 2 rings (SSSR count). The topological polar surface area (TPSA) is 55.9 Å². The van der Waals surface area contributed by atoms with Crippen molar-refractivity contribution >= 4 is 15.9 Å². The third-order valence-corrected chi connectivity index (χ3v) is 3.74. The van der Waals surface area contributed by atoms with Crippen molar-refractivity contribution in [2.24, 2.45) is 12.9 Å². The lowest BCUT2D eigenvalue weighted by Crippen LogP contribution is -2.28. The minimum atomic E-state index is 0.145. The quantitative estimate of drug-likeness (QED) is 0.657. The SMILES string of the molecule is Cc1cc(Br)cc(C(CCc2ccnn2C)NN)c1. The highest BCUT2D eigenvalue weighted by Crippen LogP contribution is 2.23. The first-order valence-electron chi connectivity index (χ1n) is 6.30. The maximum absolute atomic E-state index is 5.69. The molecule has 1 aromatic carbocycles. The van der Waals surface area contributed by atoms with E-state index in [4.69, 9.17) is 5.84 Å². The lowest BCUT2D eigenvalue weighted by Gasteiger charge is -2.17. The summed E-state index contributed by atoms with van der Waals surface area (Å²) in [6, 6.07) is 8.56. The van der Waals surface area contributed by atoms with E-state index in [0.29, 0.717) is 0 Å². The van der Waals surface area contributed by atoms with Gasteiger partial charge >= 0.3 is 0 Å². The van der Waals surface area contributed by atoms with Crippen LogP contribution in [-0.2, 0) is 13.5 Å². The summed E-state index contributed by atoms with van der Waals surface area (Å²) in [7, 11) is 1.96. The Kier molecular flexibility index (Phi) is 4.74. The van der Waals surface area contributed by atoms with E-state index in [0.717, 1.165) is 17.3 Å². The van der Waals surface area contributed by atoms with E-state index in [-0.39, 0.29) is 6.04 Å². The highest BCUT2D eigenvalue weighted by molar-refractivity contribution is 9.10. The second-order valence-electron chi connectivity index (χ2n) is 4.77. The molecule has 102 valence electrons. The first kappa shape index (κ1) is 14.2. The van der Waals surface area contributed by atoms with E-state index in [1.165, 1.54) is 16.8 Å². The smallest absolute Gasteiger partial charge is 0.0492 e. The number of rotatable bonds is 5. The van der Waals surface area contributed by atoms with Crippen LogP contribution in [0.3, 0.4) is 0 Å². The fourth-order valence-corrected chi connectivity index (χ4v) is 2.88. The van der Waals surface area contributed by atoms with Crippen LogP contribution < -0.4 is 11.3 Å². The molecule has 1 aromatic heterocycles. The monoisotopic (exact) mass is 322 g/mol. The van der Waals surface area contributed by atoms with E-state index < -0.39 is 0 Å². The van der Waals surface area contributed by atoms with E-state index in [9.17, 15) is 0 Å². The summed E-state index contributed by atoms with van der Waals surface area (Å²) >= 11 is 3.53. The van der Waals surface area contributed by atoms with Crippen LogP contribution in [0.25, 0.3) is 0 Å². The number of nitrogens with zero attached hydrogens (tertiary/aromatic N) is 2. The molecule has 0 fully saturated rings. The highest BCUT2D eigenvalue weighted by Gasteiger charge is 2.12. The molecule has 1 atom stereocenters. The van der Waals surface area contributed by atoms with Crippen molar-refractivity contribution in [1.29, 1.82) is 0 Å². The van der Waals surface area contributed by atoms with Gasteiger partial charge in [0.15, 0.2) is 0 Å². The molecular weight excluding hydrogens is 304 g/mol. The zero-order valence-corrected chi connectivity index (χ0v) is 12.8. The van der Waals surface area contributed by atoms with Gasteiger partial charge in [0.25, 0.3) is 0 Å². The minimum absolute atomic E-state index is 0.145. The number of aromatic nitrogens is 2. The van der Waals surface area contributed by atoms with Crippen LogP contribution >= 0.6 is 15.9 Å². The van der Waals surface area contributed by atoms with Gasteiger partial charge in [0.05, 0.1) is 0 Å². The maximum Gasteiger partial charge on any atom is 0.0492 e. The summed E-state index contributed by atoms with van der Waals surface area (Å²) in [5.74, 6) is 5.69. The Hall–Kier alpha value is -1.17. The van der Waals surface area contributed by atoms with Gasteiger partial charge in [-0.3, -0.25) is 16.0 Å². The Balaban J connectivity index is 2.09. The number of benzene rings is 1. The van der Waals surface area contributed by atoms with E-state index in [1.54, 1.807) is 0 Å². The molecule has 4 nitrogen and oxygen atoms in total. The Bertz CT molecular complexity index is 530. The lowest BCUT2D eigenvalue weighted by molar-refractivity contribution is 0.506. The second kappa shape index (κ2) is 6.32. The summed E-state index contributed by atoms with van der Waals surface area (Å²) in [6.45, 7) is 2.09. The van der Waals surface area contributed by atoms with Crippen molar-refractivity contribution in [3.05, 3.63) is 51.8 Å². The molecule has 1 unspecified atom stereocenters. The lowest BCUT2D eigenvalue weighted by atomic mass is 10.00. The van der Waals surface area contributed by atoms with Gasteiger partial charge in [0, 0.05) is 29.5 Å². The van der Waals surface area contributed by atoms with Crippen LogP contribution in [0.15, 0.2) is 34.9 Å². The van der Waals surface area contributed by atoms with Crippen molar-refractivity contribution in [2.75, 3.05) is 0 Å². The molecular formula is C14H19BrN4. The van der Waals surface area contributed by atoms with Crippen molar-refractivity contribution in [2.45, 2.75) is 25.8 Å². The molecule has 0 aliphatic rings. The molecule has 0 saturated heterocycles. The van der Waals surface area contributed by atoms with Crippen molar-refractivity contribution < 1.29 is 0 Å². The van der Waals surface area contributed by atoms with Gasteiger partial charge < -0.3 is 0 Å². The molecule has 0 bridgehead atoms. The van der Waals surface area contributed by atoms with Crippen LogP contribution in [0.1, 0.15) is 29.3 Å². The first-order valence-corrected chi connectivity index (χ1v) is 7.09. The molecule has 1 heterocycles. The number of nitrogens with one attached hydrogen (secondary N) is 1. The zero-order chi connectivity index (χ0) is 13.8. The number of hydrogen-bond acceptors (Lipinski definition) is 3. The van der Waals surface area contributed by atoms with Gasteiger partial charge in [-0.25, -0.2) is 0 Å². The highest BCUT2D eigenvalue weighted by atomic mass is 79.9.